The van der Waals surface area contributed by atoms with Gasteiger partial charge < -0.3 is 9.88 Å². The summed E-state index contributed by atoms with van der Waals surface area (Å²) in [4.78, 5) is 19.5. The molecule has 0 spiro atoms. The second-order valence-electron chi connectivity index (χ2n) is 4.06. The summed E-state index contributed by atoms with van der Waals surface area (Å²) in [5.41, 5.74) is 0.913. The van der Waals surface area contributed by atoms with Crippen LogP contribution in [0.3, 0.4) is 0 Å². The molecule has 1 amide bonds. The number of hydrogen-bond donors (Lipinski definition) is 1. The van der Waals surface area contributed by atoms with Gasteiger partial charge in [-0.1, -0.05) is 6.07 Å². The average Bonchev–Trinajstić information content (AvgIpc) is 2.96. The zero-order chi connectivity index (χ0) is 13.3. The molecule has 0 fully saturated rings. The van der Waals surface area contributed by atoms with Crippen molar-refractivity contribution in [3.63, 3.8) is 0 Å². The van der Waals surface area contributed by atoms with E-state index in [1.165, 1.54) is 6.08 Å². The van der Waals surface area contributed by atoms with Crippen molar-refractivity contribution >= 4 is 12.0 Å². The first-order chi connectivity index (χ1) is 9.34. The fourth-order valence-corrected chi connectivity index (χ4v) is 1.60. The van der Waals surface area contributed by atoms with E-state index in [2.05, 4.69) is 15.3 Å². The summed E-state index contributed by atoms with van der Waals surface area (Å²) in [6.45, 7) is 1.50. The molecule has 0 aliphatic heterocycles. The summed E-state index contributed by atoms with van der Waals surface area (Å²) >= 11 is 0. The normalized spacial score (nSPS) is 10.7. The fourth-order valence-electron chi connectivity index (χ4n) is 1.60. The molecule has 2 aromatic heterocycles. The SMILES string of the molecule is O=C(/C=C/c1cccnc1)NCCCn1ccnc1. The zero-order valence-corrected chi connectivity index (χ0v) is 10.6. The molecule has 0 saturated carbocycles. The van der Waals surface area contributed by atoms with E-state index in [9.17, 15) is 4.79 Å². The molecule has 0 unspecified atom stereocenters. The lowest BCUT2D eigenvalue weighted by molar-refractivity contribution is -0.116. The summed E-state index contributed by atoms with van der Waals surface area (Å²) in [7, 11) is 0. The predicted molar refractivity (Wildman–Crippen MR) is 73.1 cm³/mol. The third-order valence-electron chi connectivity index (χ3n) is 2.56. The molecule has 5 heteroatoms. The van der Waals surface area contributed by atoms with E-state index in [0.29, 0.717) is 6.54 Å². The highest BCUT2D eigenvalue weighted by Crippen LogP contribution is 1.98. The van der Waals surface area contributed by atoms with Crippen molar-refractivity contribution in [2.24, 2.45) is 0 Å². The van der Waals surface area contributed by atoms with Crippen molar-refractivity contribution < 1.29 is 4.79 Å². The highest BCUT2D eigenvalue weighted by atomic mass is 16.1. The van der Waals surface area contributed by atoms with Gasteiger partial charge >= 0.3 is 0 Å². The van der Waals surface area contributed by atoms with E-state index in [-0.39, 0.29) is 5.91 Å². The van der Waals surface area contributed by atoms with E-state index < -0.39 is 0 Å². The topological polar surface area (TPSA) is 59.8 Å². The van der Waals surface area contributed by atoms with Gasteiger partial charge in [0.05, 0.1) is 6.33 Å². The van der Waals surface area contributed by atoms with Gasteiger partial charge in [0.1, 0.15) is 0 Å². The van der Waals surface area contributed by atoms with Gasteiger partial charge in [0.25, 0.3) is 0 Å². The van der Waals surface area contributed by atoms with Crippen LogP contribution in [0.25, 0.3) is 6.08 Å². The Balaban J connectivity index is 1.66. The molecule has 2 aromatic rings. The van der Waals surface area contributed by atoms with Gasteiger partial charge in [-0.3, -0.25) is 9.78 Å². The Morgan fingerprint density at radius 2 is 2.32 bits per heavy atom. The van der Waals surface area contributed by atoms with Crippen LogP contribution in [0, 0.1) is 0 Å². The number of aromatic nitrogens is 3. The predicted octanol–water partition coefficient (Wildman–Crippen LogP) is 1.50. The van der Waals surface area contributed by atoms with Crippen LogP contribution in [0.15, 0.2) is 49.3 Å². The fraction of sp³-hybridized carbons (Fsp3) is 0.214. The second kappa shape index (κ2) is 7.10. The number of pyridine rings is 1. The van der Waals surface area contributed by atoms with Gasteiger partial charge in [-0.25, -0.2) is 4.98 Å². The molecule has 0 atom stereocenters. The third-order valence-corrected chi connectivity index (χ3v) is 2.56. The number of nitrogens with one attached hydrogen (secondary N) is 1. The van der Waals surface area contributed by atoms with Gasteiger partial charge in [-0.2, -0.15) is 0 Å². The quantitative estimate of drug-likeness (QED) is 0.629. The summed E-state index contributed by atoms with van der Waals surface area (Å²) < 4.78 is 1.98. The molecule has 0 aliphatic carbocycles. The van der Waals surface area contributed by atoms with Gasteiger partial charge in [-0.15, -0.1) is 0 Å². The molecule has 0 aromatic carbocycles. The zero-order valence-electron chi connectivity index (χ0n) is 10.6. The van der Waals surface area contributed by atoms with Crippen molar-refractivity contribution in [3.8, 4) is 0 Å². The number of aryl methyl sites for hydroxylation is 1. The number of imidazole rings is 1. The van der Waals surface area contributed by atoms with E-state index in [1.807, 2.05) is 22.9 Å². The first-order valence-electron chi connectivity index (χ1n) is 6.16. The third kappa shape index (κ3) is 4.75. The molecule has 5 nitrogen and oxygen atoms in total. The lowest BCUT2D eigenvalue weighted by Gasteiger charge is -2.03. The van der Waals surface area contributed by atoms with E-state index in [1.54, 1.807) is 31.0 Å². The van der Waals surface area contributed by atoms with Crippen LogP contribution in [0.4, 0.5) is 0 Å². The molecule has 0 bridgehead atoms. The van der Waals surface area contributed by atoms with Gasteiger partial charge in [-0.05, 0) is 24.1 Å². The van der Waals surface area contributed by atoms with Crippen molar-refractivity contribution in [2.45, 2.75) is 13.0 Å². The second-order valence-corrected chi connectivity index (χ2v) is 4.06. The Hall–Kier alpha value is -2.43. The van der Waals surface area contributed by atoms with Crippen LogP contribution in [0.1, 0.15) is 12.0 Å². The van der Waals surface area contributed by atoms with Crippen LogP contribution in [0.5, 0.6) is 0 Å². The number of rotatable bonds is 6. The molecule has 0 aliphatic rings. The van der Waals surface area contributed by atoms with Crippen molar-refractivity contribution in [2.75, 3.05) is 6.54 Å². The number of carbonyl (C=O) groups excluding carboxylic acids is 1. The first kappa shape index (κ1) is 13.0. The number of nitrogens with zero attached hydrogens (tertiary/aromatic N) is 3. The monoisotopic (exact) mass is 256 g/mol. The smallest absolute Gasteiger partial charge is 0.244 e. The minimum atomic E-state index is -0.0884. The molecule has 0 radical (unpaired) electrons. The minimum absolute atomic E-state index is 0.0884. The maximum atomic E-state index is 11.5. The molecule has 98 valence electrons. The molecule has 2 rings (SSSR count). The Labute approximate surface area is 112 Å². The molecule has 2 heterocycles. The van der Waals surface area contributed by atoms with Crippen LogP contribution in [-0.4, -0.2) is 27.0 Å². The number of amides is 1. The van der Waals surface area contributed by atoms with Gasteiger partial charge in [0, 0.05) is 44.0 Å². The van der Waals surface area contributed by atoms with Crippen LogP contribution in [0.2, 0.25) is 0 Å². The number of hydrogen-bond acceptors (Lipinski definition) is 3. The van der Waals surface area contributed by atoms with Gasteiger partial charge in [0.15, 0.2) is 0 Å². The maximum absolute atomic E-state index is 11.5. The van der Waals surface area contributed by atoms with Crippen LogP contribution in [-0.2, 0) is 11.3 Å². The number of carbonyl (C=O) groups is 1. The average molecular weight is 256 g/mol. The van der Waals surface area contributed by atoms with E-state index in [0.717, 1.165) is 18.5 Å². The van der Waals surface area contributed by atoms with Crippen LogP contribution >= 0.6 is 0 Å². The van der Waals surface area contributed by atoms with Crippen LogP contribution < -0.4 is 5.32 Å². The summed E-state index contributed by atoms with van der Waals surface area (Å²) in [6, 6.07) is 3.73. The lowest BCUT2D eigenvalue weighted by Crippen LogP contribution is -2.22. The Morgan fingerprint density at radius 3 is 3.05 bits per heavy atom. The summed E-state index contributed by atoms with van der Waals surface area (Å²) in [5, 5.41) is 2.84. The molecular weight excluding hydrogens is 240 g/mol. The highest BCUT2D eigenvalue weighted by molar-refractivity contribution is 5.91. The highest BCUT2D eigenvalue weighted by Gasteiger charge is 1.95. The standard InChI is InChI=1S/C14H16N4O/c19-14(5-4-13-3-1-6-15-11-13)17-7-2-9-18-10-8-16-12-18/h1,3-6,8,10-12H,2,7,9H2,(H,17,19)/b5-4+. The largest absolute Gasteiger partial charge is 0.352 e. The Kier molecular flexibility index (Phi) is 4.87. The molecule has 19 heavy (non-hydrogen) atoms. The lowest BCUT2D eigenvalue weighted by atomic mass is 10.2. The minimum Gasteiger partial charge on any atom is -0.352 e. The molecular formula is C14H16N4O. The van der Waals surface area contributed by atoms with Gasteiger partial charge in [0.2, 0.25) is 5.91 Å². The molecule has 0 saturated heterocycles. The van der Waals surface area contributed by atoms with Crippen molar-refractivity contribution in [1.29, 1.82) is 0 Å². The first-order valence-corrected chi connectivity index (χ1v) is 6.16. The van der Waals surface area contributed by atoms with E-state index in [4.69, 9.17) is 0 Å². The van der Waals surface area contributed by atoms with Crippen molar-refractivity contribution in [1.82, 2.24) is 19.9 Å². The molecule has 1 N–H and O–H groups in total. The van der Waals surface area contributed by atoms with E-state index >= 15 is 0 Å². The Morgan fingerprint density at radius 1 is 1.37 bits per heavy atom. The Bertz CT molecular complexity index is 520. The summed E-state index contributed by atoms with van der Waals surface area (Å²) in [5.74, 6) is -0.0884. The summed E-state index contributed by atoms with van der Waals surface area (Å²) in [6.07, 6.45) is 13.0. The van der Waals surface area contributed by atoms with Crippen molar-refractivity contribution in [3.05, 3.63) is 54.9 Å². The maximum Gasteiger partial charge on any atom is 0.244 e.